The molecule has 0 spiro atoms. The Morgan fingerprint density at radius 2 is 2.57 bits per heavy atom. The number of rotatable bonds is 0. The monoisotopic (exact) mass is 96.1 g/mol. The zero-order chi connectivity index (χ0) is 5.11. The lowest BCUT2D eigenvalue weighted by atomic mass is 10.4. The highest BCUT2D eigenvalue weighted by Crippen LogP contribution is 1.82. The van der Waals surface area contributed by atoms with E-state index >= 15 is 0 Å². The number of hydrazine groups is 1. The zero-order valence-corrected chi connectivity index (χ0v) is 3.73. The topological polar surface area (TPSA) is 50.1 Å². The van der Waals surface area contributed by atoms with Crippen LogP contribution in [0.5, 0.6) is 0 Å². The van der Waals surface area contributed by atoms with E-state index < -0.39 is 0 Å². The Morgan fingerprint density at radius 3 is 2.86 bits per heavy atom. The maximum Gasteiger partial charge on any atom is 0.104 e. The quantitative estimate of drug-likeness (QED) is 0.370. The Bertz CT molecular complexity index is 114. The van der Waals surface area contributed by atoms with Crippen LogP contribution in [0.2, 0.25) is 0 Å². The van der Waals surface area contributed by atoms with Gasteiger partial charge < -0.3 is 11.2 Å². The number of nitrogens with one attached hydrogen (secondary N) is 2. The SMILES string of the molecule is NC1=[C]NNC=C1. The van der Waals surface area contributed by atoms with Gasteiger partial charge in [0.05, 0.1) is 5.70 Å². The minimum absolute atomic E-state index is 0.610. The Hall–Kier alpha value is -1.12. The van der Waals surface area contributed by atoms with Gasteiger partial charge in [0.2, 0.25) is 0 Å². The number of hydrogen-bond acceptors (Lipinski definition) is 3. The van der Waals surface area contributed by atoms with E-state index in [0.29, 0.717) is 5.70 Å². The van der Waals surface area contributed by atoms with Crippen LogP contribution in [0.3, 0.4) is 0 Å². The van der Waals surface area contributed by atoms with E-state index in [-0.39, 0.29) is 0 Å². The lowest BCUT2D eigenvalue weighted by Gasteiger charge is -2.02. The van der Waals surface area contributed by atoms with Crippen LogP contribution >= 0.6 is 0 Å². The van der Waals surface area contributed by atoms with Gasteiger partial charge in [-0.05, 0) is 6.08 Å². The minimum Gasteiger partial charge on any atom is -0.397 e. The van der Waals surface area contributed by atoms with Gasteiger partial charge in [-0.15, -0.1) is 0 Å². The highest BCUT2D eigenvalue weighted by atomic mass is 15.3. The molecule has 0 aromatic carbocycles. The summed E-state index contributed by atoms with van der Waals surface area (Å²) in [5.41, 5.74) is 11.1. The molecule has 0 aromatic heterocycles. The molecule has 3 heteroatoms. The Balaban J connectivity index is 2.58. The van der Waals surface area contributed by atoms with Crippen molar-refractivity contribution in [3.63, 3.8) is 0 Å². The third-order valence-corrected chi connectivity index (χ3v) is 0.625. The van der Waals surface area contributed by atoms with Gasteiger partial charge in [0.15, 0.2) is 0 Å². The Kier molecular flexibility index (Phi) is 0.898. The number of hydrogen-bond donors (Lipinski definition) is 3. The predicted octanol–water partition coefficient (Wildman–Crippen LogP) is -0.789. The standard InChI is InChI=1S/C4H6N3/c5-4-1-2-6-7-3-4/h1-2,6-7H,5H2. The third kappa shape index (κ3) is 0.855. The Morgan fingerprint density at radius 1 is 1.71 bits per heavy atom. The van der Waals surface area contributed by atoms with Crippen molar-refractivity contribution in [1.29, 1.82) is 0 Å². The van der Waals surface area contributed by atoms with Crippen molar-refractivity contribution < 1.29 is 0 Å². The van der Waals surface area contributed by atoms with Crippen LogP contribution in [0.4, 0.5) is 0 Å². The average molecular weight is 96.1 g/mol. The van der Waals surface area contributed by atoms with Gasteiger partial charge in [0.25, 0.3) is 0 Å². The van der Waals surface area contributed by atoms with Gasteiger partial charge in [-0.1, -0.05) is 0 Å². The zero-order valence-electron chi connectivity index (χ0n) is 3.73. The highest BCUT2D eigenvalue weighted by Gasteiger charge is 1.84. The molecule has 3 nitrogen and oxygen atoms in total. The number of allylic oxidation sites excluding steroid dienone is 1. The van der Waals surface area contributed by atoms with Crippen LogP contribution in [-0.4, -0.2) is 0 Å². The molecule has 1 aliphatic rings. The fraction of sp³-hybridized carbons (Fsp3) is 0. The van der Waals surface area contributed by atoms with E-state index in [2.05, 4.69) is 17.1 Å². The summed E-state index contributed by atoms with van der Waals surface area (Å²) in [4.78, 5) is 0. The van der Waals surface area contributed by atoms with Crippen LogP contribution in [0.15, 0.2) is 18.0 Å². The molecule has 1 rings (SSSR count). The summed E-state index contributed by atoms with van der Waals surface area (Å²) in [5.74, 6) is 0. The predicted molar refractivity (Wildman–Crippen MR) is 26.4 cm³/mol. The van der Waals surface area contributed by atoms with Crippen molar-refractivity contribution >= 4 is 0 Å². The molecule has 0 aliphatic carbocycles. The molecule has 1 aliphatic heterocycles. The summed E-state index contributed by atoms with van der Waals surface area (Å²) in [6.07, 6.45) is 6.05. The van der Waals surface area contributed by atoms with Gasteiger partial charge in [-0.3, -0.25) is 5.43 Å². The van der Waals surface area contributed by atoms with Crippen LogP contribution in [0, 0.1) is 6.20 Å². The molecule has 1 heterocycles. The maximum atomic E-state index is 5.25. The van der Waals surface area contributed by atoms with E-state index in [0.717, 1.165) is 0 Å². The van der Waals surface area contributed by atoms with Crippen molar-refractivity contribution in [2.24, 2.45) is 5.73 Å². The normalized spacial score (nSPS) is 16.9. The van der Waals surface area contributed by atoms with Crippen LogP contribution in [0.1, 0.15) is 0 Å². The molecule has 0 saturated carbocycles. The third-order valence-electron chi connectivity index (χ3n) is 0.625. The first-order chi connectivity index (χ1) is 3.39. The fourth-order valence-corrected chi connectivity index (χ4v) is 0.323. The van der Waals surface area contributed by atoms with Crippen molar-refractivity contribution in [3.8, 4) is 0 Å². The molecular weight excluding hydrogens is 90.1 g/mol. The van der Waals surface area contributed by atoms with E-state index in [1.54, 1.807) is 12.3 Å². The lowest BCUT2D eigenvalue weighted by Crippen LogP contribution is -2.25. The second-order valence-corrected chi connectivity index (χ2v) is 1.18. The summed E-state index contributed by atoms with van der Waals surface area (Å²) in [7, 11) is 0. The fourth-order valence-electron chi connectivity index (χ4n) is 0.323. The first kappa shape index (κ1) is 4.05. The van der Waals surface area contributed by atoms with E-state index in [1.807, 2.05) is 0 Å². The summed E-state index contributed by atoms with van der Waals surface area (Å²) in [6, 6.07) is 0. The summed E-state index contributed by atoms with van der Waals surface area (Å²) in [5, 5.41) is 0. The van der Waals surface area contributed by atoms with Gasteiger partial charge in [-0.25, -0.2) is 0 Å². The van der Waals surface area contributed by atoms with Crippen molar-refractivity contribution in [1.82, 2.24) is 10.9 Å². The first-order valence-corrected chi connectivity index (χ1v) is 1.95. The largest absolute Gasteiger partial charge is 0.397 e. The molecule has 0 amide bonds. The maximum absolute atomic E-state index is 5.25. The summed E-state index contributed by atoms with van der Waals surface area (Å²) in [6.45, 7) is 0. The Labute approximate surface area is 41.9 Å². The molecular formula is C4H6N3. The van der Waals surface area contributed by atoms with Crippen LogP contribution in [0.25, 0.3) is 0 Å². The summed E-state index contributed by atoms with van der Waals surface area (Å²) < 4.78 is 0. The highest BCUT2D eigenvalue weighted by molar-refractivity contribution is 5.11. The van der Waals surface area contributed by atoms with E-state index in [9.17, 15) is 0 Å². The summed E-state index contributed by atoms with van der Waals surface area (Å²) >= 11 is 0. The molecule has 0 bridgehead atoms. The van der Waals surface area contributed by atoms with Crippen LogP contribution in [-0.2, 0) is 0 Å². The van der Waals surface area contributed by atoms with Crippen molar-refractivity contribution in [2.75, 3.05) is 0 Å². The molecule has 0 aromatic rings. The van der Waals surface area contributed by atoms with Gasteiger partial charge in [0.1, 0.15) is 6.20 Å². The van der Waals surface area contributed by atoms with Gasteiger partial charge >= 0.3 is 0 Å². The molecule has 1 radical (unpaired) electrons. The second kappa shape index (κ2) is 1.55. The minimum atomic E-state index is 0.610. The molecule has 0 fully saturated rings. The molecule has 4 N–H and O–H groups in total. The molecule has 0 atom stereocenters. The molecule has 0 saturated heterocycles. The van der Waals surface area contributed by atoms with Gasteiger partial charge in [0, 0.05) is 6.20 Å². The molecule has 37 valence electrons. The van der Waals surface area contributed by atoms with E-state index in [4.69, 9.17) is 5.73 Å². The molecule has 0 unspecified atom stereocenters. The average Bonchev–Trinajstić information content (AvgIpc) is 1.69. The first-order valence-electron chi connectivity index (χ1n) is 1.95. The molecule has 7 heavy (non-hydrogen) atoms. The second-order valence-electron chi connectivity index (χ2n) is 1.18. The van der Waals surface area contributed by atoms with Crippen molar-refractivity contribution in [2.45, 2.75) is 0 Å². The van der Waals surface area contributed by atoms with Crippen LogP contribution < -0.4 is 16.6 Å². The van der Waals surface area contributed by atoms with Gasteiger partial charge in [-0.2, -0.15) is 0 Å². The van der Waals surface area contributed by atoms with Crippen molar-refractivity contribution in [3.05, 3.63) is 24.2 Å². The lowest BCUT2D eigenvalue weighted by molar-refractivity contribution is 0.735. The van der Waals surface area contributed by atoms with E-state index in [1.165, 1.54) is 0 Å². The number of nitrogens with two attached hydrogens (primary N) is 1. The smallest absolute Gasteiger partial charge is 0.104 e.